The largest absolute Gasteiger partial charge is 0.346 e. The summed E-state index contributed by atoms with van der Waals surface area (Å²) in [5.74, 6) is -0.0621. The number of nitrogens with one attached hydrogen (secondary N) is 1. The molecule has 80 valence electrons. The predicted octanol–water partition coefficient (Wildman–Crippen LogP) is 3.20. The van der Waals surface area contributed by atoms with Crippen LogP contribution in [0.3, 0.4) is 0 Å². The molecule has 2 nitrogen and oxygen atoms in total. The van der Waals surface area contributed by atoms with Crippen LogP contribution in [0.4, 0.5) is 0 Å². The Morgan fingerprint density at radius 1 is 1.40 bits per heavy atom. The van der Waals surface area contributed by atoms with Crippen molar-refractivity contribution in [2.45, 2.75) is 19.9 Å². The fourth-order valence-electron chi connectivity index (χ4n) is 1.25. The van der Waals surface area contributed by atoms with Crippen molar-refractivity contribution in [2.75, 3.05) is 0 Å². The Bertz CT molecular complexity index is 356. The Balaban J connectivity index is 2.64. The predicted molar refractivity (Wildman–Crippen MR) is 65.5 cm³/mol. The van der Waals surface area contributed by atoms with Gasteiger partial charge in [0.05, 0.1) is 6.04 Å². The summed E-state index contributed by atoms with van der Waals surface area (Å²) in [6, 6.07) is 7.94. The highest BCUT2D eigenvalue weighted by molar-refractivity contribution is 9.10. The number of allylic oxidation sites excluding steroid dienone is 1. The molecule has 0 aliphatic carbocycles. The highest BCUT2D eigenvalue weighted by atomic mass is 79.9. The van der Waals surface area contributed by atoms with Gasteiger partial charge in [0.25, 0.3) is 0 Å². The topological polar surface area (TPSA) is 29.1 Å². The van der Waals surface area contributed by atoms with Crippen molar-refractivity contribution in [3.05, 3.63) is 46.5 Å². The van der Waals surface area contributed by atoms with Gasteiger partial charge in [0, 0.05) is 4.47 Å². The Morgan fingerprint density at radius 3 is 2.53 bits per heavy atom. The van der Waals surface area contributed by atoms with Crippen LogP contribution in [0.2, 0.25) is 0 Å². The lowest BCUT2D eigenvalue weighted by molar-refractivity contribution is -0.117. The minimum absolute atomic E-state index is 0.0294. The van der Waals surface area contributed by atoms with Crippen molar-refractivity contribution < 1.29 is 4.79 Å². The van der Waals surface area contributed by atoms with E-state index in [-0.39, 0.29) is 11.9 Å². The molecule has 0 bridgehead atoms. The highest BCUT2D eigenvalue weighted by Gasteiger charge is 2.06. The summed E-state index contributed by atoms with van der Waals surface area (Å²) >= 11 is 3.37. The lowest BCUT2D eigenvalue weighted by Gasteiger charge is -2.12. The monoisotopic (exact) mass is 267 g/mol. The molecule has 1 aromatic rings. The maximum Gasteiger partial charge on any atom is 0.244 e. The van der Waals surface area contributed by atoms with Crippen molar-refractivity contribution in [3.8, 4) is 0 Å². The van der Waals surface area contributed by atoms with Crippen LogP contribution >= 0.6 is 15.9 Å². The molecule has 15 heavy (non-hydrogen) atoms. The van der Waals surface area contributed by atoms with Gasteiger partial charge in [-0.05, 0) is 37.6 Å². The Hall–Kier alpha value is -1.09. The number of carbonyl (C=O) groups is 1. The first kappa shape index (κ1) is 12.0. The number of hydrogen-bond acceptors (Lipinski definition) is 1. The second kappa shape index (κ2) is 5.71. The first-order valence-corrected chi connectivity index (χ1v) is 5.61. The van der Waals surface area contributed by atoms with Gasteiger partial charge in [-0.2, -0.15) is 0 Å². The molecule has 1 aromatic carbocycles. The van der Waals surface area contributed by atoms with E-state index in [0.717, 1.165) is 10.0 Å². The van der Waals surface area contributed by atoms with Crippen LogP contribution in [0.15, 0.2) is 40.9 Å². The number of rotatable bonds is 3. The van der Waals surface area contributed by atoms with Crippen LogP contribution in [0.25, 0.3) is 0 Å². The number of halogens is 1. The van der Waals surface area contributed by atoms with Gasteiger partial charge in [0.2, 0.25) is 5.91 Å². The van der Waals surface area contributed by atoms with E-state index in [9.17, 15) is 4.79 Å². The van der Waals surface area contributed by atoms with Crippen molar-refractivity contribution >= 4 is 21.8 Å². The van der Waals surface area contributed by atoms with Crippen molar-refractivity contribution in [1.29, 1.82) is 0 Å². The first-order chi connectivity index (χ1) is 7.13. The molecule has 0 heterocycles. The molecule has 1 atom stereocenters. The standard InChI is InChI=1S/C12H14BrNO/c1-3-4-12(15)14-9(2)10-5-7-11(13)8-6-10/h3-9H,1-2H3,(H,14,15). The van der Waals surface area contributed by atoms with Crippen molar-refractivity contribution in [2.24, 2.45) is 0 Å². The van der Waals surface area contributed by atoms with E-state index in [0.29, 0.717) is 0 Å². The molecule has 0 spiro atoms. The van der Waals surface area contributed by atoms with E-state index in [1.54, 1.807) is 6.08 Å². The van der Waals surface area contributed by atoms with Gasteiger partial charge in [-0.1, -0.05) is 34.1 Å². The molecule has 1 N–H and O–H groups in total. The molecule has 3 heteroatoms. The molecule has 1 unspecified atom stereocenters. The van der Waals surface area contributed by atoms with Gasteiger partial charge in [0.15, 0.2) is 0 Å². The van der Waals surface area contributed by atoms with Crippen LogP contribution in [-0.2, 0) is 4.79 Å². The van der Waals surface area contributed by atoms with Crippen LogP contribution in [0.1, 0.15) is 25.5 Å². The van der Waals surface area contributed by atoms with Gasteiger partial charge in [0.1, 0.15) is 0 Å². The zero-order valence-corrected chi connectivity index (χ0v) is 10.4. The van der Waals surface area contributed by atoms with Gasteiger partial charge < -0.3 is 5.32 Å². The minimum Gasteiger partial charge on any atom is -0.346 e. The Kier molecular flexibility index (Phi) is 4.56. The maximum atomic E-state index is 11.3. The van der Waals surface area contributed by atoms with E-state index < -0.39 is 0 Å². The lowest BCUT2D eigenvalue weighted by Crippen LogP contribution is -2.24. The zero-order valence-electron chi connectivity index (χ0n) is 8.83. The third-order valence-corrected chi connectivity index (χ3v) is 2.58. The third-order valence-electron chi connectivity index (χ3n) is 2.05. The van der Waals surface area contributed by atoms with Gasteiger partial charge in [-0.15, -0.1) is 0 Å². The van der Waals surface area contributed by atoms with E-state index in [1.165, 1.54) is 6.08 Å². The molecular weight excluding hydrogens is 254 g/mol. The number of hydrogen-bond donors (Lipinski definition) is 1. The maximum absolute atomic E-state index is 11.3. The average molecular weight is 268 g/mol. The van der Waals surface area contributed by atoms with E-state index in [2.05, 4.69) is 21.2 Å². The molecule has 0 aliphatic rings. The van der Waals surface area contributed by atoms with Crippen molar-refractivity contribution in [1.82, 2.24) is 5.32 Å². The Morgan fingerprint density at radius 2 is 2.00 bits per heavy atom. The highest BCUT2D eigenvalue weighted by Crippen LogP contribution is 2.16. The molecule has 0 radical (unpaired) electrons. The SMILES string of the molecule is CC=CC(=O)NC(C)c1ccc(Br)cc1. The summed E-state index contributed by atoms with van der Waals surface area (Å²) in [4.78, 5) is 11.3. The molecule has 0 aromatic heterocycles. The van der Waals surface area contributed by atoms with Crippen LogP contribution in [0.5, 0.6) is 0 Å². The van der Waals surface area contributed by atoms with Crippen LogP contribution in [0, 0.1) is 0 Å². The summed E-state index contributed by atoms with van der Waals surface area (Å²) in [7, 11) is 0. The van der Waals surface area contributed by atoms with Crippen molar-refractivity contribution in [3.63, 3.8) is 0 Å². The van der Waals surface area contributed by atoms with Crippen LogP contribution < -0.4 is 5.32 Å². The minimum atomic E-state index is -0.0621. The quantitative estimate of drug-likeness (QED) is 0.838. The summed E-state index contributed by atoms with van der Waals surface area (Å²) in [6.45, 7) is 3.79. The van der Waals surface area contributed by atoms with E-state index in [1.807, 2.05) is 38.1 Å². The lowest BCUT2D eigenvalue weighted by atomic mass is 10.1. The van der Waals surface area contributed by atoms with Gasteiger partial charge in [-0.25, -0.2) is 0 Å². The first-order valence-electron chi connectivity index (χ1n) is 4.82. The Labute approximate surface area is 98.5 Å². The number of carbonyl (C=O) groups excluding carboxylic acids is 1. The summed E-state index contributed by atoms with van der Waals surface area (Å²) in [6.07, 6.45) is 3.25. The third kappa shape index (κ3) is 3.88. The molecule has 1 amide bonds. The summed E-state index contributed by atoms with van der Waals surface area (Å²) in [5, 5.41) is 2.88. The fourth-order valence-corrected chi connectivity index (χ4v) is 1.51. The molecule has 0 saturated heterocycles. The molecule has 0 aliphatic heterocycles. The summed E-state index contributed by atoms with van der Waals surface area (Å²) in [5.41, 5.74) is 1.09. The van der Waals surface area contributed by atoms with Gasteiger partial charge in [-0.3, -0.25) is 4.79 Å². The smallest absolute Gasteiger partial charge is 0.244 e. The second-order valence-corrected chi connectivity index (χ2v) is 4.20. The molecule has 1 rings (SSSR count). The fraction of sp³-hybridized carbons (Fsp3) is 0.250. The van der Waals surface area contributed by atoms with E-state index in [4.69, 9.17) is 0 Å². The van der Waals surface area contributed by atoms with Crippen LogP contribution in [-0.4, -0.2) is 5.91 Å². The summed E-state index contributed by atoms with van der Waals surface area (Å²) < 4.78 is 1.04. The number of amides is 1. The van der Waals surface area contributed by atoms with E-state index >= 15 is 0 Å². The molecule has 0 fully saturated rings. The zero-order chi connectivity index (χ0) is 11.3. The molecular formula is C12H14BrNO. The van der Waals surface area contributed by atoms with Gasteiger partial charge >= 0.3 is 0 Å². The normalized spacial score (nSPS) is 12.7. The number of benzene rings is 1. The second-order valence-electron chi connectivity index (χ2n) is 3.28. The average Bonchev–Trinajstić information content (AvgIpc) is 2.18. The molecule has 0 saturated carbocycles.